The zero-order valence-corrected chi connectivity index (χ0v) is 6.81. The number of fused-ring (bicyclic) bond motifs is 1. The van der Waals surface area contributed by atoms with E-state index >= 15 is 0 Å². The summed E-state index contributed by atoms with van der Waals surface area (Å²) in [5.74, 6) is -0.156. The molecule has 2 aromatic heterocycles. The van der Waals surface area contributed by atoms with Crippen molar-refractivity contribution in [2.24, 2.45) is 0 Å². The molecular weight excluding hydrogens is 172 g/mol. The topological polar surface area (TPSA) is 84.7 Å². The fourth-order valence-electron chi connectivity index (χ4n) is 1.11. The molecule has 0 aliphatic heterocycles. The molecule has 66 valence electrons. The van der Waals surface area contributed by atoms with E-state index in [2.05, 4.69) is 15.2 Å². The smallest absolute Gasteiger partial charge is 0.358 e. The Bertz CT molecular complexity index is 476. The number of hydrogen-bond acceptors (Lipinski definition) is 4. The van der Waals surface area contributed by atoms with Gasteiger partial charge in [-0.3, -0.25) is 5.10 Å². The molecule has 13 heavy (non-hydrogen) atoms. The Morgan fingerprint density at radius 3 is 3.00 bits per heavy atom. The molecule has 2 rings (SSSR count). The minimum atomic E-state index is -0.522. The molecule has 0 aliphatic carbocycles. The SMILES string of the molecule is Cc1[nH]nc2ccc([N+](=O)[O-])nc12. The van der Waals surface area contributed by atoms with Crippen LogP contribution in [0, 0.1) is 17.0 Å². The number of aromatic nitrogens is 3. The quantitative estimate of drug-likeness (QED) is 0.524. The lowest BCUT2D eigenvalue weighted by atomic mass is 10.3. The van der Waals surface area contributed by atoms with Gasteiger partial charge in [0.25, 0.3) is 0 Å². The predicted octanol–water partition coefficient (Wildman–Crippen LogP) is 1.17. The Morgan fingerprint density at radius 2 is 2.31 bits per heavy atom. The van der Waals surface area contributed by atoms with Crippen LogP contribution in [0.5, 0.6) is 0 Å². The van der Waals surface area contributed by atoms with Gasteiger partial charge in [0, 0.05) is 6.07 Å². The van der Waals surface area contributed by atoms with Gasteiger partial charge in [0.05, 0.1) is 5.69 Å². The lowest BCUT2D eigenvalue weighted by Gasteiger charge is -1.89. The van der Waals surface area contributed by atoms with Crippen LogP contribution in [-0.4, -0.2) is 20.1 Å². The van der Waals surface area contributed by atoms with Crippen LogP contribution < -0.4 is 0 Å². The fraction of sp³-hybridized carbons (Fsp3) is 0.143. The first-order valence-electron chi connectivity index (χ1n) is 3.64. The highest BCUT2D eigenvalue weighted by atomic mass is 16.6. The minimum Gasteiger partial charge on any atom is -0.358 e. The lowest BCUT2D eigenvalue weighted by molar-refractivity contribution is -0.389. The third-order valence-electron chi connectivity index (χ3n) is 1.75. The summed E-state index contributed by atoms with van der Waals surface area (Å²) in [7, 11) is 0. The molecule has 0 unspecified atom stereocenters. The molecule has 1 N–H and O–H groups in total. The van der Waals surface area contributed by atoms with E-state index in [0.29, 0.717) is 11.0 Å². The number of nitrogens with zero attached hydrogens (tertiary/aromatic N) is 3. The third-order valence-corrected chi connectivity index (χ3v) is 1.75. The number of aryl methyl sites for hydroxylation is 1. The van der Waals surface area contributed by atoms with Crippen molar-refractivity contribution in [2.75, 3.05) is 0 Å². The average molecular weight is 178 g/mol. The molecule has 2 aromatic rings. The molecule has 0 bridgehead atoms. The Labute approximate surface area is 72.7 Å². The largest absolute Gasteiger partial charge is 0.364 e. The van der Waals surface area contributed by atoms with Gasteiger partial charge < -0.3 is 10.1 Å². The third kappa shape index (κ3) is 1.12. The highest BCUT2D eigenvalue weighted by Crippen LogP contribution is 2.16. The van der Waals surface area contributed by atoms with Crippen molar-refractivity contribution in [2.45, 2.75) is 6.92 Å². The van der Waals surface area contributed by atoms with E-state index in [1.54, 1.807) is 13.0 Å². The van der Waals surface area contributed by atoms with Crippen LogP contribution in [0.15, 0.2) is 12.1 Å². The van der Waals surface area contributed by atoms with Crippen molar-refractivity contribution in [1.29, 1.82) is 0 Å². The lowest BCUT2D eigenvalue weighted by Crippen LogP contribution is -1.91. The number of pyridine rings is 1. The molecule has 6 heteroatoms. The summed E-state index contributed by atoms with van der Waals surface area (Å²) in [6, 6.07) is 2.91. The second kappa shape index (κ2) is 2.51. The second-order valence-corrected chi connectivity index (χ2v) is 2.64. The van der Waals surface area contributed by atoms with E-state index in [1.165, 1.54) is 6.07 Å². The summed E-state index contributed by atoms with van der Waals surface area (Å²) in [6.07, 6.45) is 0. The molecule has 0 saturated heterocycles. The maximum absolute atomic E-state index is 10.4. The predicted molar refractivity (Wildman–Crippen MR) is 45.3 cm³/mol. The Morgan fingerprint density at radius 1 is 1.54 bits per heavy atom. The first kappa shape index (κ1) is 7.66. The molecule has 0 spiro atoms. The number of aromatic amines is 1. The van der Waals surface area contributed by atoms with Crippen LogP contribution in [0.3, 0.4) is 0 Å². The van der Waals surface area contributed by atoms with Crippen molar-refractivity contribution in [3.8, 4) is 0 Å². The summed E-state index contributed by atoms with van der Waals surface area (Å²) < 4.78 is 0. The molecule has 2 heterocycles. The number of hydrogen-bond donors (Lipinski definition) is 1. The maximum atomic E-state index is 10.4. The van der Waals surface area contributed by atoms with E-state index in [0.717, 1.165) is 5.69 Å². The van der Waals surface area contributed by atoms with E-state index in [4.69, 9.17) is 0 Å². The second-order valence-electron chi connectivity index (χ2n) is 2.64. The van der Waals surface area contributed by atoms with Crippen molar-refractivity contribution in [1.82, 2.24) is 15.2 Å². The molecule has 0 fully saturated rings. The Kier molecular flexibility index (Phi) is 1.48. The van der Waals surface area contributed by atoms with Gasteiger partial charge in [-0.2, -0.15) is 5.10 Å². The summed E-state index contributed by atoms with van der Waals surface area (Å²) >= 11 is 0. The molecule has 0 saturated carbocycles. The molecule has 0 atom stereocenters. The van der Waals surface area contributed by atoms with E-state index in [9.17, 15) is 10.1 Å². The zero-order valence-electron chi connectivity index (χ0n) is 6.81. The van der Waals surface area contributed by atoms with Crippen molar-refractivity contribution in [3.05, 3.63) is 27.9 Å². The molecule has 0 aromatic carbocycles. The van der Waals surface area contributed by atoms with Gasteiger partial charge >= 0.3 is 5.82 Å². The van der Waals surface area contributed by atoms with Crippen LogP contribution in [-0.2, 0) is 0 Å². The molecule has 0 amide bonds. The van der Waals surface area contributed by atoms with Crippen molar-refractivity contribution in [3.63, 3.8) is 0 Å². The standard InChI is InChI=1S/C7H6N4O2/c1-4-7-5(10-9-4)2-3-6(8-7)11(12)13/h2-3H,1H3,(H,9,10). The van der Waals surface area contributed by atoms with Gasteiger partial charge in [-0.05, 0) is 22.9 Å². The van der Waals surface area contributed by atoms with Crippen LogP contribution in [0.4, 0.5) is 5.82 Å². The first-order chi connectivity index (χ1) is 6.18. The highest BCUT2D eigenvalue weighted by molar-refractivity contribution is 5.77. The van der Waals surface area contributed by atoms with Crippen LogP contribution in [0.1, 0.15) is 5.69 Å². The summed E-state index contributed by atoms with van der Waals surface area (Å²) in [5, 5.41) is 17.0. The number of rotatable bonds is 1. The molecule has 0 aliphatic rings. The van der Waals surface area contributed by atoms with E-state index in [-0.39, 0.29) is 5.82 Å². The van der Waals surface area contributed by atoms with E-state index < -0.39 is 4.92 Å². The Hall–Kier alpha value is -1.98. The monoisotopic (exact) mass is 178 g/mol. The maximum Gasteiger partial charge on any atom is 0.364 e. The van der Waals surface area contributed by atoms with Gasteiger partial charge in [-0.1, -0.05) is 0 Å². The zero-order chi connectivity index (χ0) is 9.42. The minimum absolute atomic E-state index is 0.156. The molecule has 6 nitrogen and oxygen atoms in total. The van der Waals surface area contributed by atoms with Gasteiger partial charge in [0.2, 0.25) is 5.52 Å². The highest BCUT2D eigenvalue weighted by Gasteiger charge is 2.12. The number of H-pyrrole nitrogens is 1. The summed E-state index contributed by atoms with van der Waals surface area (Å²) in [4.78, 5) is 13.7. The molecular formula is C7H6N4O2. The van der Waals surface area contributed by atoms with Crippen molar-refractivity contribution < 1.29 is 4.92 Å². The summed E-state index contributed by atoms with van der Waals surface area (Å²) in [5.41, 5.74) is 1.93. The summed E-state index contributed by atoms with van der Waals surface area (Å²) in [6.45, 7) is 1.77. The van der Waals surface area contributed by atoms with Gasteiger partial charge in [0.15, 0.2) is 0 Å². The average Bonchev–Trinajstić information content (AvgIpc) is 2.47. The van der Waals surface area contributed by atoms with Gasteiger partial charge in [-0.25, -0.2) is 0 Å². The van der Waals surface area contributed by atoms with Gasteiger partial charge in [0.1, 0.15) is 5.52 Å². The fourth-order valence-corrected chi connectivity index (χ4v) is 1.11. The normalized spacial score (nSPS) is 10.5. The number of nitro groups is 1. The van der Waals surface area contributed by atoms with Crippen LogP contribution in [0.25, 0.3) is 11.0 Å². The van der Waals surface area contributed by atoms with Crippen LogP contribution in [0.2, 0.25) is 0 Å². The van der Waals surface area contributed by atoms with Crippen LogP contribution >= 0.6 is 0 Å². The van der Waals surface area contributed by atoms with Gasteiger partial charge in [-0.15, -0.1) is 0 Å². The Balaban J connectivity index is 2.72. The molecule has 0 radical (unpaired) electrons. The van der Waals surface area contributed by atoms with Crippen molar-refractivity contribution >= 4 is 16.9 Å². The number of nitrogens with one attached hydrogen (secondary N) is 1. The first-order valence-corrected chi connectivity index (χ1v) is 3.64. The van der Waals surface area contributed by atoms with E-state index in [1.807, 2.05) is 0 Å².